The SMILES string of the molecule is CN(C(=O)OC(C)(C)C)[C@@H]1[C@@H](O)[C@@H](O[C@@H]2[C@@H](O)[C@H](O[C@H]3OC(CNCC(C)(C)CNC(=O)OC(C)(C)C)=CC[C@H]3NC(=O)OC(C)(C)C)[C@@H](NC(=O)OC(C)(C)C)C[C@H]2NC(=O)[C@@H](O)CNC(=O)OC(C)(C)C)CC[C@]1(C)O. The summed E-state index contributed by atoms with van der Waals surface area (Å²) in [4.78, 5) is 80.4. The van der Waals surface area contributed by atoms with Crippen LogP contribution in [0.15, 0.2) is 11.8 Å². The van der Waals surface area contributed by atoms with Gasteiger partial charge in [0.25, 0.3) is 5.91 Å². The molecule has 25 heteroatoms. The van der Waals surface area contributed by atoms with E-state index in [1.54, 1.807) is 110 Å². The van der Waals surface area contributed by atoms with Crippen LogP contribution in [0.2, 0.25) is 0 Å². The summed E-state index contributed by atoms with van der Waals surface area (Å²) in [5, 5.41) is 64.3. The van der Waals surface area contributed by atoms with E-state index in [1.165, 1.54) is 14.0 Å². The number of nitrogens with zero attached hydrogens (tertiary/aromatic N) is 1. The Bertz CT molecular complexity index is 2070. The number of aliphatic hydroxyl groups is 4. The van der Waals surface area contributed by atoms with Crippen molar-refractivity contribution in [2.24, 2.45) is 5.41 Å². The summed E-state index contributed by atoms with van der Waals surface area (Å²) in [5.41, 5.74) is -6.59. The third-order valence-electron chi connectivity index (χ3n) is 12.1. The van der Waals surface area contributed by atoms with Crippen molar-refractivity contribution >= 4 is 36.4 Å². The molecule has 1 heterocycles. The van der Waals surface area contributed by atoms with Crippen LogP contribution in [-0.2, 0) is 42.7 Å². The molecule has 2 aliphatic carbocycles. The van der Waals surface area contributed by atoms with E-state index in [0.29, 0.717) is 12.3 Å². The Labute approximate surface area is 460 Å². The number of carbonyl (C=O) groups is 6. The van der Waals surface area contributed by atoms with E-state index in [4.69, 9.17) is 37.9 Å². The van der Waals surface area contributed by atoms with Crippen LogP contribution in [-0.4, -0.2) is 196 Å². The number of likely N-dealkylation sites (N-methyl/N-ethyl adjacent to an activating group) is 1. The van der Waals surface area contributed by atoms with Gasteiger partial charge in [-0.15, -0.1) is 0 Å². The van der Waals surface area contributed by atoms with Gasteiger partial charge >= 0.3 is 30.5 Å². The van der Waals surface area contributed by atoms with Crippen molar-refractivity contribution in [3.63, 3.8) is 0 Å². The molecule has 1 aliphatic heterocycles. The Balaban J connectivity index is 2.11. The molecule has 450 valence electrons. The van der Waals surface area contributed by atoms with Gasteiger partial charge in [-0.2, -0.15) is 0 Å². The van der Waals surface area contributed by atoms with E-state index in [9.17, 15) is 49.2 Å². The number of ether oxygens (including phenoxy) is 8. The zero-order chi connectivity index (χ0) is 59.7. The second-order valence-electron chi connectivity index (χ2n) is 26.4. The second-order valence-corrected chi connectivity index (χ2v) is 26.4. The molecule has 25 nitrogen and oxygen atoms in total. The molecule has 78 heavy (non-hydrogen) atoms. The smallest absolute Gasteiger partial charge is 0.410 e. The lowest BCUT2D eigenvalue weighted by atomic mass is 9.77. The third-order valence-corrected chi connectivity index (χ3v) is 12.1. The molecular formula is C53H95N7O18. The molecule has 0 radical (unpaired) electrons. The van der Waals surface area contributed by atoms with E-state index < -0.39 is 149 Å². The topological polar surface area (TPSA) is 333 Å². The fourth-order valence-corrected chi connectivity index (χ4v) is 8.77. The maximum atomic E-state index is 13.9. The van der Waals surface area contributed by atoms with Crippen molar-refractivity contribution in [3.8, 4) is 0 Å². The molecule has 0 bridgehead atoms. The van der Waals surface area contributed by atoms with Crippen molar-refractivity contribution in [1.29, 1.82) is 0 Å². The van der Waals surface area contributed by atoms with Gasteiger partial charge in [0.05, 0.1) is 49.0 Å². The first-order valence-corrected chi connectivity index (χ1v) is 26.7. The van der Waals surface area contributed by atoms with Crippen LogP contribution in [0, 0.1) is 5.41 Å². The predicted molar refractivity (Wildman–Crippen MR) is 285 cm³/mol. The summed E-state index contributed by atoms with van der Waals surface area (Å²) in [6, 6.07) is -4.90. The molecule has 0 aromatic carbocycles. The molecule has 0 saturated heterocycles. The minimum absolute atomic E-state index is 0.0291. The summed E-state index contributed by atoms with van der Waals surface area (Å²) < 4.78 is 47.2. The van der Waals surface area contributed by atoms with Crippen molar-refractivity contribution in [2.75, 3.05) is 33.2 Å². The molecule has 3 aliphatic rings. The summed E-state index contributed by atoms with van der Waals surface area (Å²) in [6.07, 6.45) is -13.8. The Morgan fingerprint density at radius 1 is 0.667 bits per heavy atom. The summed E-state index contributed by atoms with van der Waals surface area (Å²) in [6.45, 7) is 30.7. The Kier molecular flexibility index (Phi) is 22.9. The lowest BCUT2D eigenvalue weighted by molar-refractivity contribution is -0.246. The number of alkyl carbamates (subject to hydrolysis) is 4. The molecule has 0 unspecified atom stereocenters. The number of nitrogens with one attached hydrogen (secondary N) is 6. The molecule has 0 aromatic rings. The van der Waals surface area contributed by atoms with E-state index in [2.05, 4.69) is 31.9 Å². The van der Waals surface area contributed by atoms with Crippen LogP contribution in [0.3, 0.4) is 0 Å². The molecule has 0 spiro atoms. The number of hydrogen-bond donors (Lipinski definition) is 10. The van der Waals surface area contributed by atoms with Gasteiger partial charge in [-0.05, 0) is 148 Å². The van der Waals surface area contributed by atoms with Crippen LogP contribution in [0.25, 0.3) is 0 Å². The molecule has 2 fully saturated rings. The van der Waals surface area contributed by atoms with Crippen LogP contribution < -0.4 is 31.9 Å². The van der Waals surface area contributed by atoms with Gasteiger partial charge in [-0.25, -0.2) is 24.0 Å². The number of carbonyl (C=O) groups excluding carboxylic acids is 6. The zero-order valence-corrected chi connectivity index (χ0v) is 49.5. The molecule has 0 aromatic heterocycles. The minimum atomic E-state index is -1.88. The maximum absolute atomic E-state index is 13.9. The number of rotatable bonds is 17. The average molecular weight is 1120 g/mol. The van der Waals surface area contributed by atoms with Crippen molar-refractivity contribution in [3.05, 3.63) is 11.8 Å². The zero-order valence-electron chi connectivity index (χ0n) is 49.5. The van der Waals surface area contributed by atoms with Crippen LogP contribution >= 0.6 is 0 Å². The predicted octanol–water partition coefficient (Wildman–Crippen LogP) is 3.96. The highest BCUT2D eigenvalue weighted by atomic mass is 16.7. The Hall–Kier alpha value is -4.92. The highest BCUT2D eigenvalue weighted by Gasteiger charge is 2.54. The van der Waals surface area contributed by atoms with E-state index in [0.717, 1.165) is 4.90 Å². The Morgan fingerprint density at radius 3 is 1.67 bits per heavy atom. The van der Waals surface area contributed by atoms with Crippen molar-refractivity contribution < 1.29 is 87.1 Å². The first-order chi connectivity index (χ1) is 35.3. The lowest BCUT2D eigenvalue weighted by Gasteiger charge is -2.51. The van der Waals surface area contributed by atoms with Crippen molar-refractivity contribution in [1.82, 2.24) is 36.8 Å². The summed E-state index contributed by atoms with van der Waals surface area (Å²) in [5.74, 6) is -0.672. The molecular weight excluding hydrogens is 1020 g/mol. The Morgan fingerprint density at radius 2 is 1.14 bits per heavy atom. The second kappa shape index (κ2) is 26.6. The first kappa shape index (κ1) is 67.4. The molecule has 6 amide bonds. The minimum Gasteiger partial charge on any atom is -0.466 e. The third kappa shape index (κ3) is 23.0. The van der Waals surface area contributed by atoms with Crippen LogP contribution in [0.5, 0.6) is 0 Å². The maximum Gasteiger partial charge on any atom is 0.410 e. The number of aliphatic hydroxyl groups excluding tert-OH is 3. The van der Waals surface area contributed by atoms with Gasteiger partial charge in [-0.3, -0.25) is 4.79 Å². The molecule has 12 atom stereocenters. The van der Waals surface area contributed by atoms with Gasteiger partial charge in [0.15, 0.2) is 0 Å². The standard InChI is InChI=1S/C53H95N7O18/c1-47(2,3)74-42(65)55-26-33(61)40(64)57-31-24-32(59-45(68)77-50(10,11)12)38(36(63)37(31)72-34-22-23-53(18,70)39(35(34)62)60(19)46(69)78-51(13,14)15)73-41-30(58-44(67)76-49(7,8)9)21-20-29(71-41)25-54-27-52(16,17)28-56-43(66)75-48(4,5)6/h20,30-39,41,54,61-63,70H,21-28H2,1-19H3,(H,55,65)(H,56,66)(H,57,64)(H,58,67)(H,59,68)/t30-,31-,32+,33+,34+,35+,36-,37+,38-,39-,41-,53+/m1/s1. The number of amides is 6. The fraction of sp³-hybridized carbons (Fsp3) is 0.849. The fourth-order valence-electron chi connectivity index (χ4n) is 8.77. The highest BCUT2D eigenvalue weighted by molar-refractivity contribution is 5.82. The van der Waals surface area contributed by atoms with Gasteiger partial charge in [0.2, 0.25) is 6.29 Å². The first-order valence-electron chi connectivity index (χ1n) is 26.7. The lowest BCUT2D eigenvalue weighted by Crippen LogP contribution is -2.70. The molecule has 3 rings (SSSR count). The summed E-state index contributed by atoms with van der Waals surface area (Å²) >= 11 is 0. The van der Waals surface area contributed by atoms with Crippen molar-refractivity contribution in [2.45, 2.75) is 251 Å². The monoisotopic (exact) mass is 1120 g/mol. The number of hydrogen-bond acceptors (Lipinski definition) is 19. The van der Waals surface area contributed by atoms with Crippen LogP contribution in [0.1, 0.15) is 150 Å². The van der Waals surface area contributed by atoms with Gasteiger partial charge in [-0.1, -0.05) is 13.8 Å². The largest absolute Gasteiger partial charge is 0.466 e. The quantitative estimate of drug-likeness (QED) is 0.0922. The van der Waals surface area contributed by atoms with E-state index >= 15 is 0 Å². The molecule has 2 saturated carbocycles. The average Bonchev–Trinajstić information content (AvgIpc) is 3.23. The van der Waals surface area contributed by atoms with Gasteiger partial charge < -0.3 is 95.1 Å². The highest BCUT2D eigenvalue weighted by Crippen LogP contribution is 2.38. The van der Waals surface area contributed by atoms with Gasteiger partial charge in [0, 0.05) is 20.1 Å². The van der Waals surface area contributed by atoms with E-state index in [1.807, 2.05) is 13.8 Å². The summed E-state index contributed by atoms with van der Waals surface area (Å²) in [7, 11) is 1.36. The van der Waals surface area contributed by atoms with Crippen LogP contribution in [0.4, 0.5) is 24.0 Å². The normalized spacial score (nSPS) is 27.6. The van der Waals surface area contributed by atoms with E-state index in [-0.39, 0.29) is 38.8 Å². The van der Waals surface area contributed by atoms with Gasteiger partial charge in [0.1, 0.15) is 64.3 Å². The molecule has 10 N–H and O–H groups in total.